The third kappa shape index (κ3) is 2.80. The Labute approximate surface area is 166 Å². The zero-order chi connectivity index (χ0) is 19.7. The van der Waals surface area contributed by atoms with Crippen LogP contribution in [0.4, 0.5) is 19.0 Å². The summed E-state index contributed by atoms with van der Waals surface area (Å²) in [5, 5.41) is 13.0. The molecule has 0 aliphatic heterocycles. The van der Waals surface area contributed by atoms with E-state index in [1.165, 1.54) is 0 Å². The van der Waals surface area contributed by atoms with E-state index >= 15 is 0 Å². The molecule has 0 bridgehead atoms. The van der Waals surface area contributed by atoms with Crippen LogP contribution in [0.1, 0.15) is 30.2 Å². The number of nitrogen functional groups attached to an aromatic ring is 1. The number of aromatic nitrogens is 2. The quantitative estimate of drug-likeness (QED) is 0.624. The van der Waals surface area contributed by atoms with Crippen molar-refractivity contribution >= 4 is 52.2 Å². The number of hydrogen-bond acceptors (Lipinski definition) is 3. The lowest BCUT2D eigenvalue weighted by Crippen LogP contribution is -2.13. The van der Waals surface area contributed by atoms with Crippen LogP contribution in [0.2, 0.25) is 10.0 Å². The fourth-order valence-electron chi connectivity index (χ4n) is 2.69. The Hall–Kier alpha value is -1.33. The topological polar surface area (TPSA) is 67.6 Å². The van der Waals surface area contributed by atoms with E-state index < -0.39 is 21.5 Å². The monoisotopic (exact) mass is 442 g/mol. The summed E-state index contributed by atoms with van der Waals surface area (Å²) in [7, 11) is 0. The molecule has 0 saturated heterocycles. The average molecular weight is 444 g/mol. The minimum absolute atomic E-state index is 0.0164. The van der Waals surface area contributed by atoms with Gasteiger partial charge in [-0.2, -0.15) is 23.5 Å². The maximum atomic E-state index is 12.9. The fraction of sp³-hybridized carbons (Fsp3) is 0.333. The molecule has 1 aromatic heterocycles. The van der Waals surface area contributed by atoms with Gasteiger partial charge in [0.05, 0.1) is 21.3 Å². The Morgan fingerprint density at radius 1 is 1.27 bits per heavy atom. The first-order chi connectivity index (χ1) is 11.8. The molecule has 11 heteroatoms. The highest BCUT2D eigenvalue weighted by molar-refractivity contribution is 6.52. The van der Waals surface area contributed by atoms with E-state index in [1.54, 1.807) is 6.92 Å². The molecule has 1 aliphatic carbocycles. The van der Waals surface area contributed by atoms with Gasteiger partial charge >= 0.3 is 6.18 Å². The van der Waals surface area contributed by atoms with Crippen LogP contribution < -0.4 is 5.73 Å². The van der Waals surface area contributed by atoms with E-state index in [1.807, 2.05) is 6.07 Å². The van der Waals surface area contributed by atoms with Crippen LogP contribution in [0.25, 0.3) is 5.69 Å². The summed E-state index contributed by atoms with van der Waals surface area (Å²) in [4.78, 5) is 0. The van der Waals surface area contributed by atoms with Gasteiger partial charge in [-0.25, -0.2) is 4.68 Å². The number of halogens is 7. The van der Waals surface area contributed by atoms with Crippen molar-refractivity contribution in [1.82, 2.24) is 9.78 Å². The fourth-order valence-corrected chi connectivity index (χ4v) is 4.05. The highest BCUT2D eigenvalue weighted by Gasteiger charge is 2.66. The van der Waals surface area contributed by atoms with Crippen LogP contribution in [0.15, 0.2) is 12.1 Å². The van der Waals surface area contributed by atoms with Crippen LogP contribution in [0.5, 0.6) is 0 Å². The van der Waals surface area contributed by atoms with Crippen molar-refractivity contribution in [1.29, 1.82) is 5.26 Å². The molecule has 2 aromatic rings. The summed E-state index contributed by atoms with van der Waals surface area (Å²) in [6, 6.07) is 3.34. The number of nitrogens with zero attached hydrogens (tertiary/aromatic N) is 3. The predicted octanol–water partition coefficient (Wildman–Crippen LogP) is 5.49. The molecule has 0 amide bonds. The van der Waals surface area contributed by atoms with E-state index in [4.69, 9.17) is 52.1 Å². The highest BCUT2D eigenvalue weighted by atomic mass is 35.5. The molecule has 1 heterocycles. The average Bonchev–Trinajstić information content (AvgIpc) is 2.84. The van der Waals surface area contributed by atoms with Crippen LogP contribution in [-0.2, 0) is 11.6 Å². The number of rotatable bonds is 2. The lowest BCUT2D eigenvalue weighted by molar-refractivity contribution is -0.137. The molecule has 1 atom stereocenters. The highest BCUT2D eigenvalue weighted by Crippen LogP contribution is 2.65. The third-order valence-electron chi connectivity index (χ3n) is 4.37. The minimum atomic E-state index is -4.62. The molecule has 1 saturated carbocycles. The van der Waals surface area contributed by atoms with Crippen molar-refractivity contribution in [3.63, 3.8) is 0 Å². The van der Waals surface area contributed by atoms with E-state index in [0.717, 1.165) is 4.68 Å². The van der Waals surface area contributed by atoms with Crippen LogP contribution in [0, 0.1) is 11.3 Å². The van der Waals surface area contributed by atoms with Gasteiger partial charge in [0.15, 0.2) is 0 Å². The number of hydrogen-bond donors (Lipinski definition) is 1. The van der Waals surface area contributed by atoms with Gasteiger partial charge in [0, 0.05) is 5.41 Å². The van der Waals surface area contributed by atoms with Crippen molar-refractivity contribution < 1.29 is 13.2 Å². The maximum absolute atomic E-state index is 12.9. The van der Waals surface area contributed by atoms with Gasteiger partial charge in [-0.1, -0.05) is 30.1 Å². The molecule has 1 aliphatic rings. The molecule has 0 radical (unpaired) electrons. The molecule has 0 spiro atoms. The van der Waals surface area contributed by atoms with Gasteiger partial charge < -0.3 is 5.73 Å². The number of anilines is 1. The second-order valence-electron chi connectivity index (χ2n) is 6.13. The molecular weight excluding hydrogens is 435 g/mol. The second-order valence-corrected chi connectivity index (χ2v) is 8.43. The van der Waals surface area contributed by atoms with Gasteiger partial charge in [-0.05, 0) is 18.6 Å². The number of nitrogens with two attached hydrogens (primary N) is 1. The smallest absolute Gasteiger partial charge is 0.382 e. The normalized spacial score (nSPS) is 21.5. The molecule has 2 N–H and O–H groups in total. The van der Waals surface area contributed by atoms with E-state index in [2.05, 4.69) is 5.10 Å². The van der Waals surface area contributed by atoms with Crippen LogP contribution in [-0.4, -0.2) is 14.1 Å². The summed E-state index contributed by atoms with van der Waals surface area (Å²) >= 11 is 24.3. The summed E-state index contributed by atoms with van der Waals surface area (Å²) in [5.41, 5.74) is 4.31. The number of benzene rings is 1. The zero-order valence-electron chi connectivity index (χ0n) is 12.9. The SMILES string of the molecule is CC1(c2nn(-c3c(Cl)cc(C(F)(F)F)cc3Cl)c(N)c2C#N)CC1(Cl)Cl. The van der Waals surface area contributed by atoms with E-state index in [0.29, 0.717) is 18.6 Å². The van der Waals surface area contributed by atoms with Gasteiger partial charge in [0.25, 0.3) is 0 Å². The lowest BCUT2D eigenvalue weighted by Gasteiger charge is -2.13. The van der Waals surface area contributed by atoms with Crippen molar-refractivity contribution in [3.8, 4) is 11.8 Å². The lowest BCUT2D eigenvalue weighted by atomic mass is 10.0. The van der Waals surface area contributed by atoms with Crippen molar-refractivity contribution in [3.05, 3.63) is 39.0 Å². The summed E-state index contributed by atoms with van der Waals surface area (Å²) in [6.45, 7) is 1.70. The molecule has 138 valence electrons. The molecule has 4 nitrogen and oxygen atoms in total. The van der Waals surface area contributed by atoms with Crippen molar-refractivity contribution in [2.45, 2.75) is 29.3 Å². The first kappa shape index (κ1) is 19.4. The van der Waals surface area contributed by atoms with Crippen molar-refractivity contribution in [2.75, 3.05) is 5.73 Å². The molecule has 26 heavy (non-hydrogen) atoms. The molecule has 3 rings (SSSR count). The predicted molar refractivity (Wildman–Crippen MR) is 94.1 cm³/mol. The Bertz CT molecular complexity index is 938. The molecule has 1 aromatic carbocycles. The maximum Gasteiger partial charge on any atom is 0.416 e. The number of alkyl halides is 5. The standard InChI is InChI=1S/C15H9Cl4F3N4/c1-13(5-14(13,18)19)11-7(4-23)12(24)26(25-11)10-8(16)2-6(3-9(10)17)15(20,21)22/h2-3H,5,24H2,1H3. The number of nitriles is 1. The Morgan fingerprint density at radius 2 is 1.77 bits per heavy atom. The third-order valence-corrected chi connectivity index (χ3v) is 6.05. The summed E-state index contributed by atoms with van der Waals surface area (Å²) in [6.07, 6.45) is -4.29. The first-order valence-electron chi connectivity index (χ1n) is 7.07. The minimum Gasteiger partial charge on any atom is -0.382 e. The van der Waals surface area contributed by atoms with Crippen LogP contribution >= 0.6 is 46.4 Å². The largest absolute Gasteiger partial charge is 0.416 e. The van der Waals surface area contributed by atoms with Crippen molar-refractivity contribution in [2.24, 2.45) is 0 Å². The Balaban J connectivity index is 2.21. The summed E-state index contributed by atoms with van der Waals surface area (Å²) < 4.78 is 38.6. The van der Waals surface area contributed by atoms with E-state index in [9.17, 15) is 18.4 Å². The molecule has 1 unspecified atom stereocenters. The van der Waals surface area contributed by atoms with Gasteiger partial charge in [0.1, 0.15) is 27.5 Å². The van der Waals surface area contributed by atoms with Crippen LogP contribution in [0.3, 0.4) is 0 Å². The van der Waals surface area contributed by atoms with E-state index in [-0.39, 0.29) is 32.8 Å². The second kappa shape index (κ2) is 5.83. The Morgan fingerprint density at radius 3 is 2.15 bits per heavy atom. The first-order valence-corrected chi connectivity index (χ1v) is 8.58. The molecule has 1 fully saturated rings. The molecular formula is C15H9Cl4F3N4. The summed E-state index contributed by atoms with van der Waals surface area (Å²) in [5.74, 6) is -0.122. The van der Waals surface area contributed by atoms with Gasteiger partial charge in [-0.3, -0.25) is 0 Å². The zero-order valence-corrected chi connectivity index (χ0v) is 16.0. The Kier molecular flexibility index (Phi) is 4.36. The van der Waals surface area contributed by atoms with Gasteiger partial charge in [-0.15, -0.1) is 23.2 Å². The van der Waals surface area contributed by atoms with Gasteiger partial charge in [0.2, 0.25) is 0 Å².